The van der Waals surface area contributed by atoms with Crippen LogP contribution in [0.2, 0.25) is 0 Å². The molecule has 0 amide bonds. The molecule has 0 aliphatic heterocycles. The van der Waals surface area contributed by atoms with Gasteiger partial charge in [0.1, 0.15) is 17.2 Å². The van der Waals surface area contributed by atoms with Crippen LogP contribution in [-0.2, 0) is 4.74 Å². The van der Waals surface area contributed by atoms with Crippen LogP contribution in [0.4, 0.5) is 20.2 Å². The fraction of sp³-hybridized carbons (Fsp3) is 0.211. The molecule has 1 aromatic carbocycles. The quantitative estimate of drug-likeness (QED) is 0.635. The monoisotopic (exact) mass is 393 g/mol. The number of hydrogen-bond donors (Lipinski definition) is 1. The summed E-state index contributed by atoms with van der Waals surface area (Å²) in [6.07, 6.45) is 1.02. The minimum absolute atomic E-state index is 0. The van der Waals surface area contributed by atoms with Crippen molar-refractivity contribution in [3.8, 4) is 0 Å². The molecule has 1 N–H and O–H groups in total. The van der Waals surface area contributed by atoms with Gasteiger partial charge in [0.15, 0.2) is 5.65 Å². The summed E-state index contributed by atoms with van der Waals surface area (Å²) in [5.41, 5.74) is 1.81. The van der Waals surface area contributed by atoms with Gasteiger partial charge in [0.25, 0.3) is 0 Å². The number of rotatable bonds is 4. The van der Waals surface area contributed by atoms with Crippen molar-refractivity contribution in [2.75, 3.05) is 5.32 Å². The fourth-order valence-electron chi connectivity index (χ4n) is 2.51. The Balaban J connectivity index is 0.00000261. The highest BCUT2D eigenvalue weighted by molar-refractivity contribution is 6.05. The van der Waals surface area contributed by atoms with Gasteiger partial charge in [0.2, 0.25) is 0 Å². The molecular formula is C19H18ClF2N3O2. The number of ether oxygens (including phenoxy) is 1. The summed E-state index contributed by atoms with van der Waals surface area (Å²) in [6, 6.07) is 6.55. The first-order valence-corrected chi connectivity index (χ1v) is 8.04. The molecule has 0 unspecified atom stereocenters. The largest absolute Gasteiger partial charge is 0.459 e. The maximum atomic E-state index is 13.5. The molecule has 0 aliphatic rings. The summed E-state index contributed by atoms with van der Waals surface area (Å²) < 4.78 is 32.3. The molecule has 0 fully saturated rings. The summed E-state index contributed by atoms with van der Waals surface area (Å²) in [4.78, 5) is 21.0. The Bertz CT molecular complexity index is 976. The van der Waals surface area contributed by atoms with E-state index in [4.69, 9.17) is 4.74 Å². The number of pyridine rings is 2. The Morgan fingerprint density at radius 3 is 2.44 bits per heavy atom. The van der Waals surface area contributed by atoms with Gasteiger partial charge in [-0.05, 0) is 45.0 Å². The first kappa shape index (κ1) is 20.5. The summed E-state index contributed by atoms with van der Waals surface area (Å²) in [7, 11) is 0. The molecule has 0 saturated carbocycles. The summed E-state index contributed by atoms with van der Waals surface area (Å²) in [5, 5.41) is 3.45. The molecule has 27 heavy (non-hydrogen) atoms. The second-order valence-electron chi connectivity index (χ2n) is 6.11. The number of aryl methyl sites for hydroxylation is 1. The highest BCUT2D eigenvalue weighted by atomic mass is 35.5. The molecule has 3 aromatic rings. The number of halogens is 3. The molecule has 0 atom stereocenters. The number of fused-ring (bicyclic) bond motifs is 1. The standard InChI is InChI=1S/C19H17F2N3O2.ClH/c1-10(2)26-19(25)16-9-22-18-15(5-4-11(3)23-18)17(16)24-14-7-12(20)6-13(21)8-14;/h4-10H,1-3H3,(H,22,23,24);1H. The number of nitrogens with one attached hydrogen (secondary N) is 1. The molecule has 3 rings (SSSR count). The van der Waals surface area contributed by atoms with Crippen LogP contribution in [0, 0.1) is 18.6 Å². The third-order valence-corrected chi connectivity index (χ3v) is 3.56. The number of aromatic nitrogens is 2. The maximum absolute atomic E-state index is 13.5. The van der Waals surface area contributed by atoms with Crippen LogP contribution in [0.5, 0.6) is 0 Å². The van der Waals surface area contributed by atoms with Gasteiger partial charge in [0.05, 0.1) is 11.8 Å². The first-order valence-electron chi connectivity index (χ1n) is 8.04. The van der Waals surface area contributed by atoms with Gasteiger partial charge in [-0.1, -0.05) is 0 Å². The molecule has 0 aliphatic carbocycles. The van der Waals surface area contributed by atoms with Gasteiger partial charge >= 0.3 is 5.97 Å². The van der Waals surface area contributed by atoms with Gasteiger partial charge < -0.3 is 10.1 Å². The van der Waals surface area contributed by atoms with Gasteiger partial charge in [-0.25, -0.2) is 23.5 Å². The third kappa shape index (κ3) is 4.68. The van der Waals surface area contributed by atoms with Crippen molar-refractivity contribution in [3.63, 3.8) is 0 Å². The zero-order chi connectivity index (χ0) is 18.8. The Morgan fingerprint density at radius 1 is 1.15 bits per heavy atom. The van der Waals surface area contributed by atoms with E-state index in [1.165, 1.54) is 6.20 Å². The van der Waals surface area contributed by atoms with E-state index >= 15 is 0 Å². The van der Waals surface area contributed by atoms with E-state index in [0.29, 0.717) is 16.7 Å². The van der Waals surface area contributed by atoms with E-state index in [0.717, 1.165) is 23.9 Å². The minimum atomic E-state index is -0.730. The zero-order valence-electron chi connectivity index (χ0n) is 14.9. The van der Waals surface area contributed by atoms with Crippen molar-refractivity contribution in [2.24, 2.45) is 0 Å². The zero-order valence-corrected chi connectivity index (χ0v) is 15.7. The first-order chi connectivity index (χ1) is 12.3. The molecular weight excluding hydrogens is 376 g/mol. The molecule has 0 bridgehead atoms. The van der Waals surface area contributed by atoms with Crippen LogP contribution < -0.4 is 5.32 Å². The number of esters is 1. The van der Waals surface area contributed by atoms with Crippen molar-refractivity contribution in [3.05, 3.63) is 59.4 Å². The Morgan fingerprint density at radius 2 is 1.81 bits per heavy atom. The van der Waals surface area contributed by atoms with Crippen LogP contribution in [0.1, 0.15) is 29.9 Å². The lowest BCUT2D eigenvalue weighted by Gasteiger charge is -2.15. The van der Waals surface area contributed by atoms with Crippen molar-refractivity contribution in [2.45, 2.75) is 26.9 Å². The number of hydrogen-bond acceptors (Lipinski definition) is 5. The second kappa shape index (κ2) is 8.26. The normalized spacial score (nSPS) is 10.6. The highest BCUT2D eigenvalue weighted by Gasteiger charge is 2.19. The van der Waals surface area contributed by atoms with Crippen molar-refractivity contribution in [1.29, 1.82) is 0 Å². The summed E-state index contributed by atoms with van der Waals surface area (Å²) in [5.74, 6) is -2.05. The fourth-order valence-corrected chi connectivity index (χ4v) is 2.51. The number of anilines is 2. The summed E-state index contributed by atoms with van der Waals surface area (Å²) in [6.45, 7) is 5.27. The van der Waals surface area contributed by atoms with Crippen LogP contribution in [-0.4, -0.2) is 22.0 Å². The van der Waals surface area contributed by atoms with Crippen LogP contribution in [0.3, 0.4) is 0 Å². The van der Waals surface area contributed by atoms with Crippen molar-refractivity contribution >= 4 is 40.8 Å². The Labute approximate surface area is 161 Å². The van der Waals surface area contributed by atoms with Gasteiger partial charge in [-0.3, -0.25) is 0 Å². The average Bonchev–Trinajstić information content (AvgIpc) is 2.53. The van der Waals surface area contributed by atoms with E-state index in [1.54, 1.807) is 26.0 Å². The molecule has 8 heteroatoms. The number of benzene rings is 1. The van der Waals surface area contributed by atoms with E-state index in [2.05, 4.69) is 15.3 Å². The number of carbonyl (C=O) groups is 1. The number of nitrogens with zero attached hydrogens (tertiary/aromatic N) is 2. The van der Waals surface area contributed by atoms with Gasteiger partial charge in [-0.2, -0.15) is 0 Å². The van der Waals surface area contributed by atoms with E-state index in [-0.39, 0.29) is 29.8 Å². The molecule has 142 valence electrons. The van der Waals surface area contributed by atoms with Gasteiger partial charge in [-0.15, -0.1) is 12.4 Å². The lowest BCUT2D eigenvalue weighted by Crippen LogP contribution is -2.14. The minimum Gasteiger partial charge on any atom is -0.459 e. The van der Waals surface area contributed by atoms with Crippen molar-refractivity contribution in [1.82, 2.24) is 9.97 Å². The molecule has 5 nitrogen and oxygen atoms in total. The predicted octanol–water partition coefficient (Wildman–Crippen LogP) is 4.95. The van der Waals surface area contributed by atoms with E-state index < -0.39 is 17.6 Å². The van der Waals surface area contributed by atoms with Gasteiger partial charge in [0, 0.05) is 29.0 Å². The SMILES string of the molecule is Cc1ccc2c(Nc3cc(F)cc(F)c3)c(C(=O)OC(C)C)cnc2n1.Cl. The molecule has 0 radical (unpaired) electrons. The van der Waals surface area contributed by atoms with E-state index in [9.17, 15) is 13.6 Å². The number of carbonyl (C=O) groups excluding carboxylic acids is 1. The van der Waals surface area contributed by atoms with E-state index in [1.807, 2.05) is 6.92 Å². The molecule has 0 spiro atoms. The van der Waals surface area contributed by atoms with Crippen molar-refractivity contribution < 1.29 is 18.3 Å². The Hall–Kier alpha value is -2.80. The molecule has 2 aromatic heterocycles. The highest BCUT2D eigenvalue weighted by Crippen LogP contribution is 2.30. The molecule has 2 heterocycles. The van der Waals surface area contributed by atoms with Crippen LogP contribution >= 0.6 is 12.4 Å². The topological polar surface area (TPSA) is 64.1 Å². The Kier molecular flexibility index (Phi) is 6.28. The average molecular weight is 394 g/mol. The maximum Gasteiger partial charge on any atom is 0.342 e. The predicted molar refractivity (Wildman–Crippen MR) is 102 cm³/mol. The smallest absolute Gasteiger partial charge is 0.342 e. The molecule has 0 saturated heterocycles. The third-order valence-electron chi connectivity index (χ3n) is 3.56. The second-order valence-corrected chi connectivity index (χ2v) is 6.11. The summed E-state index contributed by atoms with van der Waals surface area (Å²) >= 11 is 0. The van der Waals surface area contributed by atoms with Crippen LogP contribution in [0.15, 0.2) is 36.5 Å². The lowest BCUT2D eigenvalue weighted by atomic mass is 10.1. The lowest BCUT2D eigenvalue weighted by molar-refractivity contribution is 0.0379. The van der Waals surface area contributed by atoms with Crippen LogP contribution in [0.25, 0.3) is 11.0 Å².